The third-order valence-corrected chi connectivity index (χ3v) is 6.85. The summed E-state index contributed by atoms with van der Waals surface area (Å²) in [4.78, 5) is 0.121. The summed E-state index contributed by atoms with van der Waals surface area (Å²) in [7, 11) is -3.76. The van der Waals surface area contributed by atoms with E-state index >= 15 is 0 Å². The molecule has 0 aliphatic heterocycles. The fourth-order valence-corrected chi connectivity index (χ4v) is 4.20. The van der Waals surface area contributed by atoms with Crippen LogP contribution in [0.3, 0.4) is 0 Å². The van der Waals surface area contributed by atoms with Gasteiger partial charge in [0.2, 0.25) is 0 Å². The van der Waals surface area contributed by atoms with Crippen LogP contribution in [-0.2, 0) is 66.4 Å². The van der Waals surface area contributed by atoms with Gasteiger partial charge in [0.15, 0.2) is 0 Å². The zero-order valence-corrected chi connectivity index (χ0v) is 28.5. The lowest BCUT2D eigenvalue weighted by Gasteiger charge is -2.09. The van der Waals surface area contributed by atoms with E-state index in [9.17, 15) is 8.42 Å². The van der Waals surface area contributed by atoms with Crippen molar-refractivity contribution < 1.29 is 64.7 Å². The lowest BCUT2D eigenvalue weighted by Crippen LogP contribution is -2.16. The molecule has 1 aromatic rings. The molecule has 0 heterocycles. The summed E-state index contributed by atoms with van der Waals surface area (Å²) in [5.41, 5.74) is 0. The largest absolute Gasteiger partial charge is 0.377 e. The normalized spacial score (nSPS) is 12.0. The van der Waals surface area contributed by atoms with E-state index in [1.165, 1.54) is 12.1 Å². The van der Waals surface area contributed by atoms with Gasteiger partial charge in [-0.1, -0.05) is 18.2 Å². The van der Waals surface area contributed by atoms with E-state index in [1.807, 2.05) is 13.8 Å². The van der Waals surface area contributed by atoms with Crippen molar-refractivity contribution >= 4 is 10.1 Å². The summed E-state index contributed by atoms with van der Waals surface area (Å²) >= 11 is 0. The molecule has 270 valence electrons. The fraction of sp³-hybridized carbons (Fsp3) is 0.806. The summed E-state index contributed by atoms with van der Waals surface area (Å²) in [6, 6.07) is 7.98. The van der Waals surface area contributed by atoms with Gasteiger partial charge in [0.05, 0.1) is 156 Å². The highest BCUT2D eigenvalue weighted by Crippen LogP contribution is 2.10. The van der Waals surface area contributed by atoms with Crippen LogP contribution in [0.5, 0.6) is 0 Å². The van der Waals surface area contributed by atoms with Crippen molar-refractivity contribution in [1.82, 2.24) is 0 Å². The van der Waals surface area contributed by atoms with Crippen LogP contribution in [0.1, 0.15) is 13.8 Å². The quantitative estimate of drug-likeness (QED) is 0.0750. The second kappa shape index (κ2) is 32.2. The minimum absolute atomic E-state index is 0.0580. The van der Waals surface area contributed by atoms with Crippen LogP contribution in [0.2, 0.25) is 0 Å². The molecule has 0 saturated heterocycles. The zero-order chi connectivity index (χ0) is 33.2. The number of benzene rings is 1. The van der Waals surface area contributed by atoms with E-state index in [0.29, 0.717) is 132 Å². The Hall–Kier alpha value is -1.31. The minimum Gasteiger partial charge on any atom is -0.377 e. The van der Waals surface area contributed by atoms with Gasteiger partial charge < -0.3 is 52.1 Å². The van der Waals surface area contributed by atoms with Gasteiger partial charge in [0, 0.05) is 0 Å². The van der Waals surface area contributed by atoms with Crippen molar-refractivity contribution in [3.05, 3.63) is 30.3 Å². The van der Waals surface area contributed by atoms with Crippen molar-refractivity contribution in [1.29, 1.82) is 0 Å². The molecule has 0 spiro atoms. The Kier molecular flexibility index (Phi) is 29.9. The first-order valence-electron chi connectivity index (χ1n) is 15.9. The Morgan fingerprint density at radius 1 is 0.413 bits per heavy atom. The Bertz CT molecular complexity index is 860. The summed E-state index contributed by atoms with van der Waals surface area (Å²) in [6.07, 6.45) is 0.224. The topological polar surface area (TPSA) is 145 Å². The molecule has 15 heteroatoms. The molecule has 0 atom stereocenters. The van der Waals surface area contributed by atoms with Gasteiger partial charge in [-0.25, -0.2) is 0 Å². The third-order valence-electron chi connectivity index (χ3n) is 5.52. The van der Waals surface area contributed by atoms with Crippen LogP contribution in [-0.4, -0.2) is 160 Å². The maximum atomic E-state index is 12.0. The predicted molar refractivity (Wildman–Crippen MR) is 169 cm³/mol. The molecule has 1 aromatic carbocycles. The zero-order valence-electron chi connectivity index (χ0n) is 27.6. The summed E-state index contributed by atoms with van der Waals surface area (Å²) in [5.74, 6) is 0. The van der Waals surface area contributed by atoms with Crippen molar-refractivity contribution in [2.75, 3.05) is 145 Å². The minimum atomic E-state index is -3.76. The Balaban J connectivity index is 1.66. The van der Waals surface area contributed by atoms with Crippen LogP contribution in [0, 0.1) is 0 Å². The van der Waals surface area contributed by atoms with Crippen molar-refractivity contribution in [3.8, 4) is 0 Å². The molecule has 0 bridgehead atoms. The number of hydrogen-bond donors (Lipinski definition) is 0. The Morgan fingerprint density at radius 2 is 0.674 bits per heavy atom. The lowest BCUT2D eigenvalue weighted by molar-refractivity contribution is -0.0288. The second-order valence-corrected chi connectivity index (χ2v) is 11.2. The van der Waals surface area contributed by atoms with Gasteiger partial charge in [-0.05, 0) is 26.0 Å². The molecule has 0 aliphatic rings. The average molecular weight is 685 g/mol. The summed E-state index contributed by atoms with van der Waals surface area (Å²) < 4.78 is 88.5. The number of hydrogen-bond acceptors (Lipinski definition) is 14. The molecule has 0 radical (unpaired) electrons. The van der Waals surface area contributed by atoms with E-state index in [1.54, 1.807) is 18.2 Å². The summed E-state index contributed by atoms with van der Waals surface area (Å²) in [6.45, 7) is 13.8. The molecule has 46 heavy (non-hydrogen) atoms. The highest BCUT2D eigenvalue weighted by molar-refractivity contribution is 7.86. The summed E-state index contributed by atoms with van der Waals surface area (Å²) in [5, 5.41) is 0. The Labute approximate surface area is 275 Å². The van der Waals surface area contributed by atoms with Gasteiger partial charge in [0.1, 0.15) is 0 Å². The van der Waals surface area contributed by atoms with Gasteiger partial charge in [-0.3, -0.25) is 4.18 Å². The van der Waals surface area contributed by atoms with E-state index in [-0.39, 0.29) is 24.2 Å². The van der Waals surface area contributed by atoms with E-state index in [0.717, 1.165) is 0 Å². The maximum absolute atomic E-state index is 12.0. The second-order valence-electron chi connectivity index (χ2n) is 9.63. The SMILES string of the molecule is CC(C)OCCOCCOCCOCCOCCOCCOCCOCCOCCOCCOCCOS(=O)(=O)c1ccccc1. The van der Waals surface area contributed by atoms with Crippen LogP contribution in [0.4, 0.5) is 0 Å². The monoisotopic (exact) mass is 684 g/mol. The van der Waals surface area contributed by atoms with E-state index in [4.69, 9.17) is 56.3 Å². The Morgan fingerprint density at radius 3 is 0.957 bits per heavy atom. The molecule has 0 amide bonds. The van der Waals surface area contributed by atoms with Crippen LogP contribution < -0.4 is 0 Å². The van der Waals surface area contributed by atoms with Crippen molar-refractivity contribution in [2.24, 2.45) is 0 Å². The van der Waals surface area contributed by atoms with Crippen LogP contribution >= 0.6 is 0 Å². The molecule has 14 nitrogen and oxygen atoms in total. The van der Waals surface area contributed by atoms with E-state index in [2.05, 4.69) is 0 Å². The predicted octanol–water partition coefficient (Wildman–Crippen LogP) is 1.98. The average Bonchev–Trinajstić information content (AvgIpc) is 3.05. The fourth-order valence-electron chi connectivity index (χ4n) is 3.28. The molecule has 0 aromatic heterocycles. The van der Waals surface area contributed by atoms with Crippen LogP contribution in [0.15, 0.2) is 35.2 Å². The van der Waals surface area contributed by atoms with Crippen LogP contribution in [0.25, 0.3) is 0 Å². The maximum Gasteiger partial charge on any atom is 0.297 e. The van der Waals surface area contributed by atoms with E-state index < -0.39 is 10.1 Å². The first-order valence-corrected chi connectivity index (χ1v) is 17.3. The number of ether oxygens (including phenoxy) is 11. The van der Waals surface area contributed by atoms with Crippen molar-refractivity contribution in [2.45, 2.75) is 24.8 Å². The molecule has 0 saturated carbocycles. The molecular formula is C31H56O14S. The molecule has 0 aliphatic carbocycles. The smallest absolute Gasteiger partial charge is 0.297 e. The lowest BCUT2D eigenvalue weighted by atomic mass is 10.4. The molecular weight excluding hydrogens is 628 g/mol. The highest BCUT2D eigenvalue weighted by Gasteiger charge is 2.13. The first-order chi connectivity index (χ1) is 22.5. The highest BCUT2D eigenvalue weighted by atomic mass is 32.2. The van der Waals surface area contributed by atoms with Crippen molar-refractivity contribution in [3.63, 3.8) is 0 Å². The third kappa shape index (κ3) is 28.9. The molecule has 0 unspecified atom stereocenters. The van der Waals surface area contributed by atoms with Gasteiger partial charge in [-0.15, -0.1) is 0 Å². The first kappa shape index (κ1) is 42.7. The molecule has 1 rings (SSSR count). The van der Waals surface area contributed by atoms with Gasteiger partial charge >= 0.3 is 0 Å². The van der Waals surface area contributed by atoms with Gasteiger partial charge in [-0.2, -0.15) is 8.42 Å². The standard InChI is InChI=1S/C31H56O14S/c1-30(2)44-28-26-42-24-22-40-20-18-38-16-14-36-12-10-34-8-9-35-11-13-37-15-17-39-19-21-41-23-25-43-27-29-45-46(32,33)31-6-4-3-5-7-31/h3-7,30H,8-29H2,1-2H3. The number of rotatable bonds is 36. The molecule has 0 fully saturated rings. The van der Waals surface area contributed by atoms with Gasteiger partial charge in [0.25, 0.3) is 10.1 Å². The molecule has 0 N–H and O–H groups in total.